The first-order valence-corrected chi connectivity index (χ1v) is 2.42. The molecular formula is C4H7N4. The molecule has 0 N–H and O–H groups in total. The minimum atomic E-state index is 0.785. The summed E-state index contributed by atoms with van der Waals surface area (Å²) in [7, 11) is 0. The molecule has 0 amide bonds. The second kappa shape index (κ2) is 2.40. The molecule has 0 aliphatic carbocycles. The Bertz CT molecular complexity index is 134. The van der Waals surface area contributed by atoms with Crippen LogP contribution in [0.25, 0.3) is 0 Å². The van der Waals surface area contributed by atoms with E-state index in [0.29, 0.717) is 0 Å². The van der Waals surface area contributed by atoms with Crippen molar-refractivity contribution in [2.45, 2.75) is 13.5 Å². The zero-order chi connectivity index (χ0) is 5.82. The maximum atomic E-state index is 3.63. The summed E-state index contributed by atoms with van der Waals surface area (Å²) >= 11 is 0. The summed E-state index contributed by atoms with van der Waals surface area (Å²) in [5.74, 6) is 0. The van der Waals surface area contributed by atoms with Crippen LogP contribution in [-0.2, 0) is 6.54 Å². The van der Waals surface area contributed by atoms with Gasteiger partial charge in [0, 0.05) is 6.54 Å². The topological polar surface area (TPSA) is 43.6 Å². The molecule has 1 heterocycles. The maximum absolute atomic E-state index is 3.63. The Balaban J connectivity index is 2.50. The van der Waals surface area contributed by atoms with Gasteiger partial charge in [-0.15, -0.1) is 5.10 Å². The van der Waals surface area contributed by atoms with Gasteiger partial charge in [0.05, 0.1) is 0 Å². The van der Waals surface area contributed by atoms with Crippen molar-refractivity contribution >= 4 is 0 Å². The van der Waals surface area contributed by atoms with Crippen LogP contribution < -0.4 is 0 Å². The van der Waals surface area contributed by atoms with E-state index >= 15 is 0 Å². The van der Waals surface area contributed by atoms with Crippen LogP contribution in [0.5, 0.6) is 0 Å². The van der Waals surface area contributed by atoms with Crippen molar-refractivity contribution in [2.75, 3.05) is 0 Å². The van der Waals surface area contributed by atoms with Crippen LogP contribution >= 0.6 is 0 Å². The predicted molar refractivity (Wildman–Crippen MR) is 27.8 cm³/mol. The van der Waals surface area contributed by atoms with Crippen LogP contribution in [-0.4, -0.2) is 20.2 Å². The lowest BCUT2D eigenvalue weighted by Gasteiger charge is -1.88. The van der Waals surface area contributed by atoms with Crippen LogP contribution in [0.4, 0.5) is 0 Å². The Hall–Kier alpha value is -0.930. The molecule has 0 saturated carbocycles. The summed E-state index contributed by atoms with van der Waals surface area (Å²) in [5, 5.41) is 10.5. The Labute approximate surface area is 47.5 Å². The van der Waals surface area contributed by atoms with E-state index in [1.807, 2.05) is 13.3 Å². The van der Waals surface area contributed by atoms with Crippen molar-refractivity contribution in [2.24, 2.45) is 0 Å². The van der Waals surface area contributed by atoms with Gasteiger partial charge in [0.1, 0.15) is 6.33 Å². The number of aromatic nitrogens is 4. The number of hydrogen-bond acceptors (Lipinski definition) is 3. The number of tetrazole rings is 1. The van der Waals surface area contributed by atoms with Crippen LogP contribution in [0.15, 0.2) is 6.33 Å². The minimum Gasteiger partial charge on any atom is -0.232 e. The van der Waals surface area contributed by atoms with Crippen LogP contribution in [0, 0.1) is 6.42 Å². The lowest BCUT2D eigenvalue weighted by atomic mass is 10.5. The van der Waals surface area contributed by atoms with Crippen LogP contribution in [0.1, 0.15) is 6.92 Å². The minimum absolute atomic E-state index is 0.785. The van der Waals surface area contributed by atoms with Gasteiger partial charge >= 0.3 is 0 Å². The Morgan fingerprint density at radius 2 is 2.62 bits per heavy atom. The van der Waals surface area contributed by atoms with Gasteiger partial charge in [-0.05, 0) is 16.8 Å². The second-order valence-electron chi connectivity index (χ2n) is 1.44. The van der Waals surface area contributed by atoms with Crippen LogP contribution in [0.2, 0.25) is 0 Å². The molecule has 1 rings (SSSR count). The highest BCUT2D eigenvalue weighted by Gasteiger charge is 1.85. The lowest BCUT2D eigenvalue weighted by molar-refractivity contribution is 0.637. The molecule has 0 spiro atoms. The van der Waals surface area contributed by atoms with E-state index in [2.05, 4.69) is 15.5 Å². The monoisotopic (exact) mass is 111 g/mol. The van der Waals surface area contributed by atoms with Crippen molar-refractivity contribution in [3.63, 3.8) is 0 Å². The van der Waals surface area contributed by atoms with E-state index in [4.69, 9.17) is 0 Å². The zero-order valence-corrected chi connectivity index (χ0v) is 4.65. The quantitative estimate of drug-likeness (QED) is 0.535. The highest BCUT2D eigenvalue weighted by Crippen LogP contribution is 1.79. The van der Waals surface area contributed by atoms with Gasteiger partial charge < -0.3 is 0 Å². The summed E-state index contributed by atoms with van der Waals surface area (Å²) in [6.07, 6.45) is 3.57. The summed E-state index contributed by atoms with van der Waals surface area (Å²) in [6.45, 7) is 2.74. The highest BCUT2D eigenvalue weighted by atomic mass is 15.5. The second-order valence-corrected chi connectivity index (χ2v) is 1.44. The summed E-state index contributed by atoms with van der Waals surface area (Å²) in [5.41, 5.74) is 0. The molecule has 4 nitrogen and oxygen atoms in total. The molecule has 0 unspecified atom stereocenters. The predicted octanol–water partition coefficient (Wildman–Crippen LogP) is -0.103. The molecule has 0 atom stereocenters. The Morgan fingerprint density at radius 3 is 3.12 bits per heavy atom. The molecule has 1 aromatic heterocycles. The average Bonchev–Trinajstić information content (AvgIpc) is 2.19. The standard InChI is InChI=1S/C4H7N4/c1-2-3-8-4-5-6-7-8/h2,4H,3H2,1H3. The average molecular weight is 111 g/mol. The first-order valence-electron chi connectivity index (χ1n) is 2.42. The van der Waals surface area contributed by atoms with Gasteiger partial charge in [-0.1, -0.05) is 6.92 Å². The van der Waals surface area contributed by atoms with Gasteiger partial charge in [-0.3, -0.25) is 0 Å². The highest BCUT2D eigenvalue weighted by molar-refractivity contribution is 4.56. The van der Waals surface area contributed by atoms with E-state index in [1.165, 1.54) is 0 Å². The lowest BCUT2D eigenvalue weighted by Crippen LogP contribution is -1.96. The molecule has 0 aliphatic rings. The zero-order valence-electron chi connectivity index (χ0n) is 4.65. The summed E-state index contributed by atoms with van der Waals surface area (Å²) < 4.78 is 1.65. The molecule has 0 bridgehead atoms. The maximum Gasteiger partial charge on any atom is 0.138 e. The Kier molecular flexibility index (Phi) is 1.56. The van der Waals surface area contributed by atoms with Crippen molar-refractivity contribution in [3.05, 3.63) is 12.7 Å². The number of hydrogen-bond donors (Lipinski definition) is 0. The van der Waals surface area contributed by atoms with E-state index in [0.717, 1.165) is 6.54 Å². The van der Waals surface area contributed by atoms with E-state index < -0.39 is 0 Å². The normalized spacial score (nSPS) is 9.62. The fraction of sp³-hybridized carbons (Fsp3) is 0.500. The molecule has 1 radical (unpaired) electrons. The summed E-state index contributed by atoms with van der Waals surface area (Å²) in [4.78, 5) is 0. The summed E-state index contributed by atoms with van der Waals surface area (Å²) in [6, 6.07) is 0. The first-order chi connectivity index (χ1) is 3.93. The van der Waals surface area contributed by atoms with Gasteiger partial charge in [-0.2, -0.15) is 0 Å². The van der Waals surface area contributed by atoms with Gasteiger partial charge in [-0.25, -0.2) is 4.68 Å². The molecule has 8 heavy (non-hydrogen) atoms. The first kappa shape index (κ1) is 5.21. The molecular weight excluding hydrogens is 104 g/mol. The molecule has 0 aromatic carbocycles. The molecule has 0 fully saturated rings. The molecule has 4 heteroatoms. The molecule has 43 valence electrons. The van der Waals surface area contributed by atoms with E-state index in [1.54, 1.807) is 11.0 Å². The SMILES string of the molecule is C[CH]Cn1cnnn1. The fourth-order valence-corrected chi connectivity index (χ4v) is 0.451. The van der Waals surface area contributed by atoms with Gasteiger partial charge in [0.15, 0.2) is 0 Å². The van der Waals surface area contributed by atoms with Gasteiger partial charge in [0.25, 0.3) is 0 Å². The third-order valence-corrected chi connectivity index (χ3v) is 0.761. The molecule has 1 aromatic rings. The fourth-order valence-electron chi connectivity index (χ4n) is 0.451. The van der Waals surface area contributed by atoms with Crippen LogP contribution in [0.3, 0.4) is 0 Å². The third kappa shape index (κ3) is 1.02. The Morgan fingerprint density at radius 1 is 1.75 bits per heavy atom. The van der Waals surface area contributed by atoms with Crippen molar-refractivity contribution in [1.82, 2.24) is 20.2 Å². The van der Waals surface area contributed by atoms with E-state index in [9.17, 15) is 0 Å². The smallest absolute Gasteiger partial charge is 0.138 e. The molecule has 0 aliphatic heterocycles. The third-order valence-electron chi connectivity index (χ3n) is 0.761. The van der Waals surface area contributed by atoms with Gasteiger partial charge in [0.2, 0.25) is 0 Å². The molecule has 0 saturated heterocycles. The van der Waals surface area contributed by atoms with E-state index in [-0.39, 0.29) is 0 Å². The van der Waals surface area contributed by atoms with Crippen molar-refractivity contribution < 1.29 is 0 Å². The van der Waals surface area contributed by atoms with Crippen molar-refractivity contribution in [3.8, 4) is 0 Å². The number of rotatable bonds is 2. The number of nitrogens with zero attached hydrogens (tertiary/aromatic N) is 4. The largest absolute Gasteiger partial charge is 0.232 e. The van der Waals surface area contributed by atoms with Crippen molar-refractivity contribution in [1.29, 1.82) is 0 Å².